The predicted molar refractivity (Wildman–Crippen MR) is 74.2 cm³/mol. The van der Waals surface area contributed by atoms with Crippen molar-refractivity contribution in [2.45, 2.75) is 46.5 Å². The Labute approximate surface area is 107 Å². The number of nitrogens with one attached hydrogen (secondary N) is 1. The number of hydrogen-bond acceptors (Lipinski definition) is 2. The molecule has 2 unspecified atom stereocenters. The van der Waals surface area contributed by atoms with Crippen molar-refractivity contribution in [1.29, 1.82) is 0 Å². The van der Waals surface area contributed by atoms with Crippen LogP contribution in [-0.4, -0.2) is 37.6 Å². The molecule has 0 aromatic rings. The summed E-state index contributed by atoms with van der Waals surface area (Å²) in [5.41, 5.74) is 0.574. The molecule has 17 heavy (non-hydrogen) atoms. The van der Waals surface area contributed by atoms with Gasteiger partial charge in [-0.25, -0.2) is 0 Å². The van der Waals surface area contributed by atoms with Gasteiger partial charge in [-0.3, -0.25) is 0 Å². The van der Waals surface area contributed by atoms with Crippen LogP contribution in [0.1, 0.15) is 46.5 Å². The summed E-state index contributed by atoms with van der Waals surface area (Å²) in [6.07, 6.45) is 5.56. The maximum absolute atomic E-state index is 3.61. The number of nitrogens with zero attached hydrogens (tertiary/aromatic N) is 1. The topological polar surface area (TPSA) is 15.3 Å². The van der Waals surface area contributed by atoms with Gasteiger partial charge in [0, 0.05) is 19.6 Å². The van der Waals surface area contributed by atoms with Gasteiger partial charge in [0.05, 0.1) is 0 Å². The lowest BCUT2D eigenvalue weighted by atomic mass is 9.78. The highest BCUT2D eigenvalue weighted by Gasteiger charge is 2.35. The van der Waals surface area contributed by atoms with E-state index < -0.39 is 0 Å². The van der Waals surface area contributed by atoms with E-state index in [1.165, 1.54) is 58.4 Å². The highest BCUT2D eigenvalue weighted by Crippen LogP contribution is 2.33. The molecule has 0 amide bonds. The fraction of sp³-hybridized carbons (Fsp3) is 1.00. The van der Waals surface area contributed by atoms with Crippen molar-refractivity contribution in [3.63, 3.8) is 0 Å². The highest BCUT2D eigenvalue weighted by molar-refractivity contribution is 4.89. The molecule has 2 nitrogen and oxygen atoms in total. The average molecular weight is 238 g/mol. The smallest absolute Gasteiger partial charge is 0.00502 e. The van der Waals surface area contributed by atoms with E-state index in [0.717, 1.165) is 11.8 Å². The molecule has 2 aliphatic heterocycles. The summed E-state index contributed by atoms with van der Waals surface area (Å²) in [6.45, 7) is 13.6. The minimum absolute atomic E-state index is 0.574. The summed E-state index contributed by atoms with van der Waals surface area (Å²) in [5.74, 6) is 1.81. The van der Waals surface area contributed by atoms with Gasteiger partial charge in [0.1, 0.15) is 0 Å². The molecule has 0 saturated carbocycles. The van der Waals surface area contributed by atoms with E-state index in [0.29, 0.717) is 5.41 Å². The average Bonchev–Trinajstić information content (AvgIpc) is 2.79. The van der Waals surface area contributed by atoms with Gasteiger partial charge in [0.15, 0.2) is 0 Å². The van der Waals surface area contributed by atoms with Crippen LogP contribution in [0.4, 0.5) is 0 Å². The van der Waals surface area contributed by atoms with Gasteiger partial charge in [-0.2, -0.15) is 0 Å². The van der Waals surface area contributed by atoms with Crippen LogP contribution in [0.3, 0.4) is 0 Å². The van der Waals surface area contributed by atoms with E-state index in [2.05, 4.69) is 31.0 Å². The van der Waals surface area contributed by atoms with E-state index in [1.54, 1.807) is 0 Å². The van der Waals surface area contributed by atoms with E-state index in [9.17, 15) is 0 Å². The molecule has 2 aliphatic rings. The van der Waals surface area contributed by atoms with E-state index in [4.69, 9.17) is 0 Å². The third-order valence-electron chi connectivity index (χ3n) is 5.12. The summed E-state index contributed by atoms with van der Waals surface area (Å²) in [7, 11) is 0. The standard InChI is InChI=1S/C15H30N2/c1-4-15(7-5-8-16-11-15)12-17-9-6-14(10-17)13(2)3/h13-14,16H,4-12H2,1-3H3. The third kappa shape index (κ3) is 3.23. The fourth-order valence-electron chi connectivity index (χ4n) is 3.60. The lowest BCUT2D eigenvalue weighted by Gasteiger charge is -2.40. The quantitative estimate of drug-likeness (QED) is 0.810. The van der Waals surface area contributed by atoms with Gasteiger partial charge in [-0.05, 0) is 56.0 Å². The minimum atomic E-state index is 0.574. The molecular weight excluding hydrogens is 208 g/mol. The lowest BCUT2D eigenvalue weighted by molar-refractivity contribution is 0.123. The van der Waals surface area contributed by atoms with Crippen LogP contribution in [-0.2, 0) is 0 Å². The van der Waals surface area contributed by atoms with Gasteiger partial charge in [0.25, 0.3) is 0 Å². The zero-order chi connectivity index (χ0) is 12.3. The Kier molecular flexibility index (Phi) is 4.48. The zero-order valence-corrected chi connectivity index (χ0v) is 12.0. The number of rotatable bonds is 4. The molecule has 0 aromatic heterocycles. The SMILES string of the molecule is CCC1(CN2CCC(C(C)C)C2)CCCNC1. The first-order valence-corrected chi connectivity index (χ1v) is 7.58. The van der Waals surface area contributed by atoms with Crippen LogP contribution >= 0.6 is 0 Å². The molecule has 2 rings (SSSR count). The zero-order valence-electron chi connectivity index (χ0n) is 12.0. The molecule has 0 bridgehead atoms. The Morgan fingerprint density at radius 2 is 2.24 bits per heavy atom. The van der Waals surface area contributed by atoms with Crippen LogP contribution < -0.4 is 5.32 Å². The first-order chi connectivity index (χ1) is 8.15. The summed E-state index contributed by atoms with van der Waals surface area (Å²) in [4.78, 5) is 2.74. The van der Waals surface area contributed by atoms with Gasteiger partial charge >= 0.3 is 0 Å². The Morgan fingerprint density at radius 1 is 1.41 bits per heavy atom. The van der Waals surface area contributed by atoms with Crippen LogP contribution in [0, 0.1) is 17.3 Å². The molecule has 0 aromatic carbocycles. The van der Waals surface area contributed by atoms with Crippen molar-refractivity contribution >= 4 is 0 Å². The fourth-order valence-corrected chi connectivity index (χ4v) is 3.60. The largest absolute Gasteiger partial charge is 0.316 e. The van der Waals surface area contributed by atoms with E-state index in [1.807, 2.05) is 0 Å². The molecule has 2 fully saturated rings. The normalized spacial score (nSPS) is 35.6. The van der Waals surface area contributed by atoms with E-state index >= 15 is 0 Å². The molecular formula is C15H30N2. The van der Waals surface area contributed by atoms with Crippen molar-refractivity contribution < 1.29 is 0 Å². The van der Waals surface area contributed by atoms with Crippen molar-refractivity contribution in [2.75, 3.05) is 32.7 Å². The molecule has 0 radical (unpaired) electrons. The second-order valence-corrected chi connectivity index (χ2v) is 6.66. The van der Waals surface area contributed by atoms with Crippen molar-refractivity contribution in [3.8, 4) is 0 Å². The Morgan fingerprint density at radius 3 is 2.76 bits per heavy atom. The van der Waals surface area contributed by atoms with Crippen molar-refractivity contribution in [1.82, 2.24) is 10.2 Å². The van der Waals surface area contributed by atoms with Crippen molar-refractivity contribution in [3.05, 3.63) is 0 Å². The first-order valence-electron chi connectivity index (χ1n) is 7.58. The second kappa shape index (κ2) is 5.71. The van der Waals surface area contributed by atoms with Crippen LogP contribution in [0.2, 0.25) is 0 Å². The molecule has 2 saturated heterocycles. The minimum Gasteiger partial charge on any atom is -0.316 e. The predicted octanol–water partition coefficient (Wildman–Crippen LogP) is 2.74. The number of piperidine rings is 1. The highest BCUT2D eigenvalue weighted by atomic mass is 15.2. The first kappa shape index (κ1) is 13.4. The maximum atomic E-state index is 3.61. The third-order valence-corrected chi connectivity index (χ3v) is 5.12. The number of hydrogen-bond donors (Lipinski definition) is 1. The van der Waals surface area contributed by atoms with Gasteiger partial charge in [-0.1, -0.05) is 20.8 Å². The van der Waals surface area contributed by atoms with Crippen molar-refractivity contribution in [2.24, 2.45) is 17.3 Å². The Hall–Kier alpha value is -0.0800. The van der Waals surface area contributed by atoms with Crippen LogP contribution in [0.15, 0.2) is 0 Å². The van der Waals surface area contributed by atoms with Gasteiger partial charge in [0.2, 0.25) is 0 Å². The molecule has 2 heterocycles. The van der Waals surface area contributed by atoms with Crippen LogP contribution in [0.5, 0.6) is 0 Å². The molecule has 2 heteroatoms. The van der Waals surface area contributed by atoms with Crippen LogP contribution in [0.25, 0.3) is 0 Å². The lowest BCUT2D eigenvalue weighted by Crippen LogP contribution is -2.46. The summed E-state index contributed by atoms with van der Waals surface area (Å²) >= 11 is 0. The molecule has 0 spiro atoms. The monoisotopic (exact) mass is 238 g/mol. The summed E-state index contributed by atoms with van der Waals surface area (Å²) < 4.78 is 0. The Balaban J connectivity index is 1.87. The van der Waals surface area contributed by atoms with E-state index in [-0.39, 0.29) is 0 Å². The molecule has 1 N–H and O–H groups in total. The summed E-state index contributed by atoms with van der Waals surface area (Å²) in [6, 6.07) is 0. The van der Waals surface area contributed by atoms with Gasteiger partial charge in [-0.15, -0.1) is 0 Å². The Bertz CT molecular complexity index is 231. The van der Waals surface area contributed by atoms with Gasteiger partial charge < -0.3 is 10.2 Å². The maximum Gasteiger partial charge on any atom is 0.00502 e. The molecule has 100 valence electrons. The summed E-state index contributed by atoms with van der Waals surface area (Å²) in [5, 5.41) is 3.61. The number of likely N-dealkylation sites (tertiary alicyclic amines) is 1. The second-order valence-electron chi connectivity index (χ2n) is 6.66. The molecule has 0 aliphatic carbocycles. The molecule has 2 atom stereocenters.